The van der Waals surface area contributed by atoms with Gasteiger partial charge < -0.3 is 10.2 Å². The summed E-state index contributed by atoms with van der Waals surface area (Å²) < 4.78 is 0. The third kappa shape index (κ3) is 2.24. The Morgan fingerprint density at radius 1 is 1.12 bits per heavy atom. The molecule has 3 heteroatoms. The van der Waals surface area contributed by atoms with Crippen molar-refractivity contribution in [3.8, 4) is 0 Å². The molecule has 0 radical (unpaired) electrons. The van der Waals surface area contributed by atoms with E-state index in [-0.39, 0.29) is 5.92 Å². The van der Waals surface area contributed by atoms with Crippen molar-refractivity contribution < 1.29 is 4.79 Å². The zero-order chi connectivity index (χ0) is 11.7. The Hall–Kier alpha value is -0.570. The molecule has 0 aromatic rings. The van der Waals surface area contributed by atoms with Crippen molar-refractivity contribution in [3.63, 3.8) is 0 Å². The summed E-state index contributed by atoms with van der Waals surface area (Å²) in [4.78, 5) is 14.4. The highest BCUT2D eigenvalue weighted by molar-refractivity contribution is 5.79. The first-order chi connectivity index (χ1) is 7.59. The van der Waals surface area contributed by atoms with E-state index in [4.69, 9.17) is 0 Å². The SMILES string of the molecule is CC1CCN(C(=O)[C@@H]2CNC[C@H]2C)CC1C. The highest BCUT2D eigenvalue weighted by atomic mass is 16.2. The first-order valence-electron chi connectivity index (χ1n) is 6.59. The molecule has 4 atom stereocenters. The largest absolute Gasteiger partial charge is 0.342 e. The van der Waals surface area contributed by atoms with Gasteiger partial charge in [0.2, 0.25) is 5.91 Å². The van der Waals surface area contributed by atoms with Crippen molar-refractivity contribution in [1.82, 2.24) is 10.2 Å². The Labute approximate surface area is 98.6 Å². The molecule has 2 heterocycles. The Morgan fingerprint density at radius 2 is 1.88 bits per heavy atom. The summed E-state index contributed by atoms with van der Waals surface area (Å²) in [6.07, 6.45) is 1.17. The molecule has 16 heavy (non-hydrogen) atoms. The maximum absolute atomic E-state index is 12.3. The Bertz CT molecular complexity index is 267. The predicted molar refractivity (Wildman–Crippen MR) is 65.0 cm³/mol. The van der Waals surface area contributed by atoms with E-state index in [2.05, 4.69) is 31.0 Å². The number of hydrogen-bond acceptors (Lipinski definition) is 2. The van der Waals surface area contributed by atoms with Crippen LogP contribution in [0.4, 0.5) is 0 Å². The molecule has 0 saturated carbocycles. The van der Waals surface area contributed by atoms with Gasteiger partial charge in [-0.05, 0) is 30.7 Å². The number of hydrogen-bond donors (Lipinski definition) is 1. The maximum Gasteiger partial charge on any atom is 0.227 e. The van der Waals surface area contributed by atoms with Crippen molar-refractivity contribution in [2.75, 3.05) is 26.2 Å². The third-order valence-electron chi connectivity index (χ3n) is 4.48. The van der Waals surface area contributed by atoms with Crippen LogP contribution < -0.4 is 5.32 Å². The molecule has 2 aliphatic rings. The molecule has 0 aromatic heterocycles. The van der Waals surface area contributed by atoms with Crippen LogP contribution in [0.2, 0.25) is 0 Å². The predicted octanol–water partition coefficient (Wildman–Crippen LogP) is 1.35. The first kappa shape index (κ1) is 11.9. The van der Waals surface area contributed by atoms with E-state index in [1.165, 1.54) is 6.42 Å². The van der Waals surface area contributed by atoms with Crippen LogP contribution in [0.5, 0.6) is 0 Å². The van der Waals surface area contributed by atoms with Crippen molar-refractivity contribution in [2.24, 2.45) is 23.7 Å². The monoisotopic (exact) mass is 224 g/mol. The van der Waals surface area contributed by atoms with Gasteiger partial charge in [0, 0.05) is 19.6 Å². The molecule has 2 rings (SSSR count). The van der Waals surface area contributed by atoms with Gasteiger partial charge in [0.05, 0.1) is 5.92 Å². The van der Waals surface area contributed by atoms with Crippen LogP contribution in [0.25, 0.3) is 0 Å². The number of nitrogens with one attached hydrogen (secondary N) is 1. The van der Waals surface area contributed by atoms with Gasteiger partial charge in [0.15, 0.2) is 0 Å². The number of piperidine rings is 1. The lowest BCUT2D eigenvalue weighted by atomic mass is 9.87. The van der Waals surface area contributed by atoms with Crippen molar-refractivity contribution in [2.45, 2.75) is 27.2 Å². The number of rotatable bonds is 1. The minimum atomic E-state index is 0.223. The van der Waals surface area contributed by atoms with Crippen LogP contribution in [-0.4, -0.2) is 37.0 Å². The minimum Gasteiger partial charge on any atom is -0.342 e. The highest BCUT2D eigenvalue weighted by Crippen LogP contribution is 2.26. The maximum atomic E-state index is 12.3. The van der Waals surface area contributed by atoms with E-state index in [0.717, 1.165) is 32.1 Å². The standard InChI is InChI=1S/C13H24N2O/c1-9-4-5-15(8-11(9)3)13(16)12-7-14-6-10(12)2/h9-12,14H,4-8H2,1-3H3/t9?,10-,11?,12-/m1/s1. The van der Waals surface area contributed by atoms with E-state index in [9.17, 15) is 4.79 Å². The lowest BCUT2D eigenvalue weighted by molar-refractivity contribution is -0.138. The third-order valence-corrected chi connectivity index (χ3v) is 4.48. The molecule has 0 bridgehead atoms. The number of nitrogens with zero attached hydrogens (tertiary/aromatic N) is 1. The van der Waals surface area contributed by atoms with E-state index >= 15 is 0 Å². The van der Waals surface area contributed by atoms with Crippen molar-refractivity contribution in [3.05, 3.63) is 0 Å². The number of carbonyl (C=O) groups excluding carboxylic acids is 1. The van der Waals surface area contributed by atoms with Crippen LogP contribution in [0.3, 0.4) is 0 Å². The second-order valence-electron chi connectivity index (χ2n) is 5.77. The van der Waals surface area contributed by atoms with Gasteiger partial charge in [0.25, 0.3) is 0 Å². The molecule has 1 amide bonds. The lowest BCUT2D eigenvalue weighted by Gasteiger charge is -2.37. The first-order valence-corrected chi connectivity index (χ1v) is 6.59. The van der Waals surface area contributed by atoms with Gasteiger partial charge in [0.1, 0.15) is 0 Å². The summed E-state index contributed by atoms with van der Waals surface area (Å²) in [7, 11) is 0. The minimum absolute atomic E-state index is 0.223. The molecule has 92 valence electrons. The molecule has 3 nitrogen and oxygen atoms in total. The summed E-state index contributed by atoms with van der Waals surface area (Å²) in [6, 6.07) is 0. The topological polar surface area (TPSA) is 32.3 Å². The van der Waals surface area contributed by atoms with Crippen LogP contribution in [0.15, 0.2) is 0 Å². The Balaban J connectivity index is 1.95. The molecule has 1 N–H and O–H groups in total. The van der Waals surface area contributed by atoms with E-state index in [1.54, 1.807) is 0 Å². The molecule has 2 aliphatic heterocycles. The molecule has 2 unspecified atom stereocenters. The average Bonchev–Trinajstić information content (AvgIpc) is 2.67. The van der Waals surface area contributed by atoms with Crippen molar-refractivity contribution in [1.29, 1.82) is 0 Å². The summed E-state index contributed by atoms with van der Waals surface area (Å²) in [6.45, 7) is 10.5. The number of likely N-dealkylation sites (tertiary alicyclic amines) is 1. The summed E-state index contributed by atoms with van der Waals surface area (Å²) in [5.41, 5.74) is 0. The number of amides is 1. The average molecular weight is 224 g/mol. The molecule has 2 saturated heterocycles. The fraction of sp³-hybridized carbons (Fsp3) is 0.923. The summed E-state index contributed by atoms with van der Waals surface area (Å²) in [5, 5.41) is 3.31. The van der Waals surface area contributed by atoms with Gasteiger partial charge >= 0.3 is 0 Å². The van der Waals surface area contributed by atoms with Crippen LogP contribution in [0, 0.1) is 23.7 Å². The molecule has 0 aliphatic carbocycles. The quantitative estimate of drug-likeness (QED) is 0.729. The van der Waals surface area contributed by atoms with Gasteiger partial charge in [-0.2, -0.15) is 0 Å². The Morgan fingerprint density at radius 3 is 2.44 bits per heavy atom. The molecular formula is C13H24N2O. The van der Waals surface area contributed by atoms with Crippen LogP contribution in [-0.2, 0) is 4.79 Å². The van der Waals surface area contributed by atoms with E-state index in [0.29, 0.717) is 17.7 Å². The summed E-state index contributed by atoms with van der Waals surface area (Å²) in [5.74, 6) is 2.53. The molecule has 0 aromatic carbocycles. The Kier molecular flexibility index (Phi) is 3.53. The molecular weight excluding hydrogens is 200 g/mol. The highest BCUT2D eigenvalue weighted by Gasteiger charge is 2.35. The van der Waals surface area contributed by atoms with Gasteiger partial charge in [-0.3, -0.25) is 4.79 Å². The van der Waals surface area contributed by atoms with Gasteiger partial charge in [-0.25, -0.2) is 0 Å². The van der Waals surface area contributed by atoms with E-state index in [1.807, 2.05) is 0 Å². The lowest BCUT2D eigenvalue weighted by Crippen LogP contribution is -2.46. The zero-order valence-corrected chi connectivity index (χ0v) is 10.7. The second kappa shape index (κ2) is 4.74. The van der Waals surface area contributed by atoms with Crippen LogP contribution in [0.1, 0.15) is 27.2 Å². The normalized spacial score (nSPS) is 40.1. The van der Waals surface area contributed by atoms with Gasteiger partial charge in [-0.1, -0.05) is 20.8 Å². The molecule has 2 fully saturated rings. The van der Waals surface area contributed by atoms with Gasteiger partial charge in [-0.15, -0.1) is 0 Å². The number of carbonyl (C=O) groups is 1. The van der Waals surface area contributed by atoms with Crippen molar-refractivity contribution >= 4 is 5.91 Å². The fourth-order valence-electron chi connectivity index (χ4n) is 2.84. The smallest absolute Gasteiger partial charge is 0.227 e. The van der Waals surface area contributed by atoms with Crippen LogP contribution >= 0.6 is 0 Å². The second-order valence-corrected chi connectivity index (χ2v) is 5.77. The molecule has 0 spiro atoms. The fourth-order valence-corrected chi connectivity index (χ4v) is 2.84. The zero-order valence-electron chi connectivity index (χ0n) is 10.7. The van der Waals surface area contributed by atoms with E-state index < -0.39 is 0 Å². The summed E-state index contributed by atoms with van der Waals surface area (Å²) >= 11 is 0.